The van der Waals surface area contributed by atoms with Crippen molar-refractivity contribution in [1.29, 1.82) is 0 Å². The molecule has 0 fully saturated rings. The van der Waals surface area contributed by atoms with Crippen LogP contribution in [-0.2, 0) is 9.59 Å². The fourth-order valence-electron chi connectivity index (χ4n) is 3.59. The Morgan fingerprint density at radius 2 is 1.32 bits per heavy atom. The number of anilines is 2. The molecule has 4 rings (SSSR count). The number of nitrogens with one attached hydrogen (secondary N) is 1. The van der Waals surface area contributed by atoms with Crippen LogP contribution in [0, 0.1) is 27.7 Å². The van der Waals surface area contributed by atoms with Crippen molar-refractivity contribution in [2.75, 3.05) is 10.2 Å². The topological polar surface area (TPSA) is 49.4 Å². The zero-order valence-electron chi connectivity index (χ0n) is 17.9. The van der Waals surface area contributed by atoms with Gasteiger partial charge in [0.15, 0.2) is 0 Å². The Balaban J connectivity index is 1.83. The first-order valence-corrected chi connectivity index (χ1v) is 10.4. The van der Waals surface area contributed by atoms with E-state index in [9.17, 15) is 9.59 Å². The van der Waals surface area contributed by atoms with Crippen molar-refractivity contribution in [3.05, 3.63) is 99.2 Å². The van der Waals surface area contributed by atoms with Crippen molar-refractivity contribution in [3.8, 4) is 0 Å². The van der Waals surface area contributed by atoms with Gasteiger partial charge in [0, 0.05) is 10.7 Å². The molecule has 0 atom stereocenters. The number of benzene rings is 3. The average Bonchev–Trinajstić information content (AvgIpc) is 2.97. The molecular formula is C26H23ClN2O2. The van der Waals surface area contributed by atoms with E-state index in [0.29, 0.717) is 21.8 Å². The van der Waals surface area contributed by atoms with Crippen LogP contribution in [0.25, 0.3) is 5.57 Å². The summed E-state index contributed by atoms with van der Waals surface area (Å²) in [5, 5.41) is 3.78. The number of aryl methyl sites for hydroxylation is 4. The highest BCUT2D eigenvalue weighted by atomic mass is 35.5. The molecule has 1 N–H and O–H groups in total. The second-order valence-electron chi connectivity index (χ2n) is 7.90. The summed E-state index contributed by atoms with van der Waals surface area (Å²) in [4.78, 5) is 28.2. The second-order valence-corrected chi connectivity index (χ2v) is 8.33. The van der Waals surface area contributed by atoms with Gasteiger partial charge in [-0.15, -0.1) is 0 Å². The summed E-state index contributed by atoms with van der Waals surface area (Å²) in [6, 6.07) is 18.4. The van der Waals surface area contributed by atoms with Crippen molar-refractivity contribution >= 4 is 40.4 Å². The minimum absolute atomic E-state index is 0.258. The number of halogens is 1. The van der Waals surface area contributed by atoms with Crippen LogP contribution in [0.15, 0.2) is 66.4 Å². The standard InChI is InChI=1S/C26H23ClN2O2/c1-15-5-11-21(13-17(15)3)28-24-23(19-7-9-20(27)10-8-19)25(30)29(26(24)31)22-12-6-16(2)18(4)14-22/h5-14,28H,1-4H3. The Labute approximate surface area is 187 Å². The first kappa shape index (κ1) is 20.9. The summed E-state index contributed by atoms with van der Waals surface area (Å²) >= 11 is 6.04. The van der Waals surface area contributed by atoms with Gasteiger partial charge < -0.3 is 5.32 Å². The molecule has 3 aromatic rings. The predicted molar refractivity (Wildman–Crippen MR) is 126 cm³/mol. The highest BCUT2D eigenvalue weighted by Gasteiger charge is 2.40. The van der Waals surface area contributed by atoms with Gasteiger partial charge >= 0.3 is 0 Å². The molecule has 0 saturated heterocycles. The van der Waals surface area contributed by atoms with E-state index in [-0.39, 0.29) is 17.5 Å². The lowest BCUT2D eigenvalue weighted by atomic mass is 10.0. The summed E-state index contributed by atoms with van der Waals surface area (Å²) in [7, 11) is 0. The van der Waals surface area contributed by atoms with Crippen LogP contribution in [0.5, 0.6) is 0 Å². The molecule has 0 bridgehead atoms. The molecule has 156 valence electrons. The summed E-state index contributed by atoms with van der Waals surface area (Å²) in [5.74, 6) is -0.738. The zero-order valence-corrected chi connectivity index (χ0v) is 18.7. The Morgan fingerprint density at radius 3 is 1.94 bits per heavy atom. The first-order valence-electron chi connectivity index (χ1n) is 10.1. The number of carbonyl (C=O) groups excluding carboxylic acids is 2. The van der Waals surface area contributed by atoms with Crippen molar-refractivity contribution in [2.45, 2.75) is 27.7 Å². The SMILES string of the molecule is Cc1ccc(NC2=C(c3ccc(Cl)cc3)C(=O)N(c3ccc(C)c(C)c3)C2=O)cc1C. The number of hydrogen-bond donors (Lipinski definition) is 1. The average molecular weight is 431 g/mol. The van der Waals surface area contributed by atoms with Gasteiger partial charge in [0.1, 0.15) is 5.70 Å². The number of nitrogens with zero attached hydrogens (tertiary/aromatic N) is 1. The zero-order chi connectivity index (χ0) is 22.3. The molecule has 0 radical (unpaired) electrons. The highest BCUT2D eigenvalue weighted by Crippen LogP contribution is 2.35. The number of rotatable bonds is 4. The quantitative estimate of drug-likeness (QED) is 0.518. The van der Waals surface area contributed by atoms with E-state index in [0.717, 1.165) is 27.9 Å². The van der Waals surface area contributed by atoms with Gasteiger partial charge in [-0.25, -0.2) is 4.90 Å². The van der Waals surface area contributed by atoms with Gasteiger partial charge in [-0.05, 0) is 91.9 Å². The van der Waals surface area contributed by atoms with Gasteiger partial charge in [-0.3, -0.25) is 9.59 Å². The van der Waals surface area contributed by atoms with Gasteiger partial charge in [0.2, 0.25) is 0 Å². The molecule has 1 aliphatic rings. The van der Waals surface area contributed by atoms with E-state index < -0.39 is 0 Å². The van der Waals surface area contributed by atoms with Crippen LogP contribution in [-0.4, -0.2) is 11.8 Å². The van der Waals surface area contributed by atoms with Crippen molar-refractivity contribution in [2.24, 2.45) is 0 Å². The Kier molecular flexibility index (Phi) is 5.42. The smallest absolute Gasteiger partial charge is 0.282 e. The summed E-state index contributed by atoms with van der Waals surface area (Å²) in [5.41, 5.74) is 6.91. The molecule has 0 spiro atoms. The molecule has 4 nitrogen and oxygen atoms in total. The third-order valence-corrected chi connectivity index (χ3v) is 5.99. The van der Waals surface area contributed by atoms with E-state index in [1.807, 2.05) is 58.0 Å². The van der Waals surface area contributed by atoms with Crippen LogP contribution >= 0.6 is 11.6 Å². The minimum atomic E-state index is -0.378. The van der Waals surface area contributed by atoms with Crippen molar-refractivity contribution in [1.82, 2.24) is 0 Å². The van der Waals surface area contributed by atoms with Crippen molar-refractivity contribution < 1.29 is 9.59 Å². The monoisotopic (exact) mass is 430 g/mol. The van der Waals surface area contributed by atoms with Crippen LogP contribution in [0.2, 0.25) is 5.02 Å². The third kappa shape index (κ3) is 3.87. The third-order valence-electron chi connectivity index (χ3n) is 5.74. The maximum atomic E-state index is 13.5. The van der Waals surface area contributed by atoms with Crippen molar-refractivity contribution in [3.63, 3.8) is 0 Å². The molecule has 2 amide bonds. The van der Waals surface area contributed by atoms with Gasteiger partial charge in [-0.2, -0.15) is 0 Å². The van der Waals surface area contributed by atoms with Crippen LogP contribution < -0.4 is 10.2 Å². The fraction of sp³-hybridized carbons (Fsp3) is 0.154. The molecule has 0 unspecified atom stereocenters. The molecule has 31 heavy (non-hydrogen) atoms. The van der Waals surface area contributed by atoms with E-state index in [1.165, 1.54) is 4.90 Å². The maximum absolute atomic E-state index is 13.5. The Morgan fingerprint density at radius 1 is 0.710 bits per heavy atom. The number of carbonyl (C=O) groups is 2. The van der Waals surface area contributed by atoms with Gasteiger partial charge in [0.05, 0.1) is 11.3 Å². The van der Waals surface area contributed by atoms with Crippen LogP contribution in [0.3, 0.4) is 0 Å². The second kappa shape index (κ2) is 8.05. The van der Waals surface area contributed by atoms with E-state index in [2.05, 4.69) is 5.32 Å². The molecule has 0 aromatic heterocycles. The van der Waals surface area contributed by atoms with E-state index >= 15 is 0 Å². The van der Waals surface area contributed by atoms with E-state index in [4.69, 9.17) is 11.6 Å². The largest absolute Gasteiger partial charge is 0.350 e. The predicted octanol–water partition coefficient (Wildman–Crippen LogP) is 5.97. The molecule has 0 aliphatic carbocycles. The van der Waals surface area contributed by atoms with Crippen LogP contribution in [0.1, 0.15) is 27.8 Å². The lowest BCUT2D eigenvalue weighted by Gasteiger charge is -2.17. The molecule has 0 saturated carbocycles. The maximum Gasteiger partial charge on any atom is 0.282 e. The molecule has 3 aromatic carbocycles. The molecular weight excluding hydrogens is 408 g/mol. The summed E-state index contributed by atoms with van der Waals surface area (Å²) in [6.07, 6.45) is 0. The summed E-state index contributed by atoms with van der Waals surface area (Å²) in [6.45, 7) is 8.00. The molecule has 1 aliphatic heterocycles. The number of imide groups is 1. The first-order chi connectivity index (χ1) is 14.8. The summed E-state index contributed by atoms with van der Waals surface area (Å²) < 4.78 is 0. The lowest BCUT2D eigenvalue weighted by Crippen LogP contribution is -2.32. The highest BCUT2D eigenvalue weighted by molar-refractivity contribution is 6.46. The fourth-order valence-corrected chi connectivity index (χ4v) is 3.72. The van der Waals surface area contributed by atoms with Crippen LogP contribution in [0.4, 0.5) is 11.4 Å². The minimum Gasteiger partial charge on any atom is -0.350 e. The van der Waals surface area contributed by atoms with E-state index in [1.54, 1.807) is 30.3 Å². The van der Waals surface area contributed by atoms with Gasteiger partial charge in [-0.1, -0.05) is 35.9 Å². The normalized spacial score (nSPS) is 13.9. The Hall–Kier alpha value is -3.37. The number of hydrogen-bond acceptors (Lipinski definition) is 3. The molecule has 5 heteroatoms. The lowest BCUT2D eigenvalue weighted by molar-refractivity contribution is -0.120. The molecule has 1 heterocycles. The number of amides is 2. The van der Waals surface area contributed by atoms with Gasteiger partial charge in [0.25, 0.3) is 11.8 Å². The Bertz CT molecular complexity index is 1240.